The molecular formula is C23H26N6O2. The standard InChI is InChI=1S/C23H26N6O2/c1-17-25-20(15-21(26-17)29-10-9-24-16-29)27-11-13-28(14-12-27)22(30)23(7-8-23)18-5-3-4-6-19(18)31-2/h3-6,9-10,15-16H,7-8,11-14H2,1-2H3. The summed E-state index contributed by atoms with van der Waals surface area (Å²) in [4.78, 5) is 30.9. The molecule has 0 spiro atoms. The lowest BCUT2D eigenvalue weighted by atomic mass is 9.93. The molecule has 5 rings (SSSR count). The fraction of sp³-hybridized carbons (Fsp3) is 0.391. The molecule has 1 aliphatic heterocycles. The molecule has 1 amide bonds. The van der Waals surface area contributed by atoms with Crippen molar-refractivity contribution in [3.63, 3.8) is 0 Å². The molecule has 2 aromatic heterocycles. The van der Waals surface area contributed by atoms with Crippen molar-refractivity contribution in [3.05, 3.63) is 60.4 Å². The van der Waals surface area contributed by atoms with Gasteiger partial charge in [0.2, 0.25) is 5.91 Å². The molecule has 0 bridgehead atoms. The van der Waals surface area contributed by atoms with E-state index in [2.05, 4.69) is 19.9 Å². The minimum Gasteiger partial charge on any atom is -0.496 e. The first-order chi connectivity index (χ1) is 15.1. The first-order valence-electron chi connectivity index (χ1n) is 10.6. The topological polar surface area (TPSA) is 76.4 Å². The number of imidazole rings is 1. The zero-order valence-corrected chi connectivity index (χ0v) is 17.9. The van der Waals surface area contributed by atoms with Crippen LogP contribution >= 0.6 is 0 Å². The number of hydrogen-bond donors (Lipinski definition) is 0. The lowest BCUT2D eigenvalue weighted by Crippen LogP contribution is -2.51. The Morgan fingerprint density at radius 1 is 1.06 bits per heavy atom. The average molecular weight is 419 g/mol. The second-order valence-electron chi connectivity index (χ2n) is 8.16. The van der Waals surface area contributed by atoms with Gasteiger partial charge in [0.25, 0.3) is 0 Å². The fourth-order valence-corrected chi connectivity index (χ4v) is 4.43. The molecular weight excluding hydrogens is 392 g/mol. The number of aromatic nitrogens is 4. The largest absolute Gasteiger partial charge is 0.496 e. The number of benzene rings is 1. The van der Waals surface area contributed by atoms with Gasteiger partial charge in [0.05, 0.1) is 12.5 Å². The van der Waals surface area contributed by atoms with E-state index in [0.29, 0.717) is 18.9 Å². The van der Waals surface area contributed by atoms with Gasteiger partial charge in [-0.15, -0.1) is 0 Å². The molecule has 0 N–H and O–H groups in total. The molecule has 3 aromatic rings. The number of para-hydroxylation sites is 1. The zero-order valence-electron chi connectivity index (χ0n) is 17.9. The lowest BCUT2D eigenvalue weighted by Gasteiger charge is -2.37. The van der Waals surface area contributed by atoms with Crippen molar-refractivity contribution < 1.29 is 9.53 Å². The summed E-state index contributed by atoms with van der Waals surface area (Å²) in [6.07, 6.45) is 7.10. The first-order valence-corrected chi connectivity index (χ1v) is 10.6. The highest BCUT2D eigenvalue weighted by Gasteiger charge is 2.54. The van der Waals surface area contributed by atoms with E-state index in [1.807, 2.05) is 52.9 Å². The molecule has 0 unspecified atom stereocenters. The predicted molar refractivity (Wildman–Crippen MR) is 117 cm³/mol. The van der Waals surface area contributed by atoms with Crippen LogP contribution in [0.2, 0.25) is 0 Å². The van der Waals surface area contributed by atoms with Crippen LogP contribution in [-0.4, -0.2) is 63.6 Å². The van der Waals surface area contributed by atoms with Gasteiger partial charge < -0.3 is 14.5 Å². The van der Waals surface area contributed by atoms with Crippen molar-refractivity contribution >= 4 is 11.7 Å². The Balaban J connectivity index is 1.31. The monoisotopic (exact) mass is 418 g/mol. The Labute approximate surface area is 181 Å². The van der Waals surface area contributed by atoms with E-state index < -0.39 is 5.41 Å². The van der Waals surface area contributed by atoms with E-state index in [1.54, 1.807) is 19.6 Å². The Morgan fingerprint density at radius 3 is 2.48 bits per heavy atom. The number of nitrogens with zero attached hydrogens (tertiary/aromatic N) is 6. The van der Waals surface area contributed by atoms with Crippen LogP contribution in [0.5, 0.6) is 5.75 Å². The van der Waals surface area contributed by atoms with Gasteiger partial charge >= 0.3 is 0 Å². The molecule has 1 aliphatic carbocycles. The third-order valence-corrected chi connectivity index (χ3v) is 6.25. The van der Waals surface area contributed by atoms with Crippen LogP contribution in [0.1, 0.15) is 24.2 Å². The second-order valence-corrected chi connectivity index (χ2v) is 8.16. The number of carbonyl (C=O) groups is 1. The number of carbonyl (C=O) groups excluding carboxylic acids is 1. The Kier molecular flexibility index (Phi) is 4.84. The van der Waals surface area contributed by atoms with Gasteiger partial charge in [-0.2, -0.15) is 0 Å². The SMILES string of the molecule is COc1ccccc1C1(C(=O)N2CCN(c3cc(-n4ccnc4)nc(C)n3)CC2)CC1. The van der Waals surface area contributed by atoms with Gasteiger partial charge in [-0.25, -0.2) is 15.0 Å². The first kappa shape index (κ1) is 19.5. The van der Waals surface area contributed by atoms with Crippen molar-refractivity contribution in [2.45, 2.75) is 25.2 Å². The molecule has 0 radical (unpaired) electrons. The van der Waals surface area contributed by atoms with Crippen LogP contribution in [0.25, 0.3) is 5.82 Å². The minimum atomic E-state index is -0.422. The molecule has 2 aliphatic rings. The summed E-state index contributed by atoms with van der Waals surface area (Å²) in [5.74, 6) is 3.42. The molecule has 1 saturated heterocycles. The number of ether oxygens (including phenoxy) is 1. The highest BCUT2D eigenvalue weighted by molar-refractivity contribution is 5.92. The third kappa shape index (κ3) is 3.52. The van der Waals surface area contributed by atoms with Crippen molar-refractivity contribution in [2.24, 2.45) is 0 Å². The Hall–Kier alpha value is -3.42. The summed E-state index contributed by atoms with van der Waals surface area (Å²) in [5.41, 5.74) is 0.593. The third-order valence-electron chi connectivity index (χ3n) is 6.25. The maximum absolute atomic E-state index is 13.5. The van der Waals surface area contributed by atoms with Crippen molar-refractivity contribution in [3.8, 4) is 11.6 Å². The van der Waals surface area contributed by atoms with E-state index in [0.717, 1.165) is 48.9 Å². The molecule has 8 nitrogen and oxygen atoms in total. The summed E-state index contributed by atoms with van der Waals surface area (Å²) < 4.78 is 7.41. The average Bonchev–Trinajstić information content (AvgIpc) is 3.43. The smallest absolute Gasteiger partial charge is 0.233 e. The number of hydrogen-bond acceptors (Lipinski definition) is 6. The maximum atomic E-state index is 13.5. The highest BCUT2D eigenvalue weighted by atomic mass is 16.5. The van der Waals surface area contributed by atoms with Crippen LogP contribution in [-0.2, 0) is 10.2 Å². The number of amides is 1. The van der Waals surface area contributed by atoms with E-state index in [-0.39, 0.29) is 5.91 Å². The van der Waals surface area contributed by atoms with E-state index in [1.165, 1.54) is 0 Å². The molecule has 2 fully saturated rings. The van der Waals surface area contributed by atoms with Gasteiger partial charge in [-0.1, -0.05) is 18.2 Å². The second kappa shape index (κ2) is 7.68. The summed E-state index contributed by atoms with van der Waals surface area (Å²) in [5, 5.41) is 0. The van der Waals surface area contributed by atoms with Crippen molar-refractivity contribution in [1.82, 2.24) is 24.4 Å². The predicted octanol–water partition coefficient (Wildman–Crippen LogP) is 2.36. The van der Waals surface area contributed by atoms with Crippen molar-refractivity contribution in [1.29, 1.82) is 0 Å². The summed E-state index contributed by atoms with van der Waals surface area (Å²) >= 11 is 0. The zero-order chi connectivity index (χ0) is 21.4. The number of piperazine rings is 1. The summed E-state index contributed by atoms with van der Waals surface area (Å²) in [6, 6.07) is 9.88. The summed E-state index contributed by atoms with van der Waals surface area (Å²) in [6.45, 7) is 4.74. The van der Waals surface area contributed by atoms with Crippen LogP contribution in [0.15, 0.2) is 49.1 Å². The maximum Gasteiger partial charge on any atom is 0.233 e. The highest BCUT2D eigenvalue weighted by Crippen LogP contribution is 2.52. The van der Waals surface area contributed by atoms with Gasteiger partial charge in [0.15, 0.2) is 0 Å². The molecule has 8 heteroatoms. The van der Waals surface area contributed by atoms with Gasteiger partial charge in [-0.3, -0.25) is 9.36 Å². The van der Waals surface area contributed by atoms with E-state index in [9.17, 15) is 4.79 Å². The fourth-order valence-electron chi connectivity index (χ4n) is 4.43. The molecule has 1 saturated carbocycles. The summed E-state index contributed by atoms with van der Waals surface area (Å²) in [7, 11) is 1.67. The molecule has 31 heavy (non-hydrogen) atoms. The Morgan fingerprint density at radius 2 is 1.81 bits per heavy atom. The molecule has 1 aromatic carbocycles. The molecule has 3 heterocycles. The van der Waals surface area contributed by atoms with E-state index in [4.69, 9.17) is 4.74 Å². The molecule has 0 atom stereocenters. The number of anilines is 1. The van der Waals surface area contributed by atoms with Gasteiger partial charge in [-0.05, 0) is 25.8 Å². The Bertz CT molecular complexity index is 1090. The van der Waals surface area contributed by atoms with Crippen molar-refractivity contribution in [2.75, 3.05) is 38.2 Å². The lowest BCUT2D eigenvalue weighted by molar-refractivity contribution is -0.134. The molecule has 160 valence electrons. The van der Waals surface area contributed by atoms with Gasteiger partial charge in [0.1, 0.15) is 29.5 Å². The normalized spacial score (nSPS) is 17.5. The van der Waals surface area contributed by atoms with Crippen LogP contribution in [0, 0.1) is 6.92 Å². The van der Waals surface area contributed by atoms with Crippen LogP contribution < -0.4 is 9.64 Å². The van der Waals surface area contributed by atoms with Crippen LogP contribution in [0.3, 0.4) is 0 Å². The minimum absolute atomic E-state index is 0.217. The number of aryl methyl sites for hydroxylation is 1. The van der Waals surface area contributed by atoms with E-state index >= 15 is 0 Å². The quantitative estimate of drug-likeness (QED) is 0.633. The number of methoxy groups -OCH3 is 1. The van der Waals surface area contributed by atoms with Crippen LogP contribution in [0.4, 0.5) is 5.82 Å². The number of rotatable bonds is 5. The van der Waals surface area contributed by atoms with Gasteiger partial charge in [0, 0.05) is 50.2 Å².